The predicted molar refractivity (Wildman–Crippen MR) is 75.8 cm³/mol. The Hall–Kier alpha value is -2.76. The van der Waals surface area contributed by atoms with Crippen LogP contribution in [0.15, 0.2) is 36.7 Å². The summed E-state index contributed by atoms with van der Waals surface area (Å²) in [7, 11) is 3.13. The molecular weight excluding hydrogens is 273 g/mol. The lowest BCUT2D eigenvalue weighted by molar-refractivity contribution is 0.356. The summed E-state index contributed by atoms with van der Waals surface area (Å²) < 4.78 is 23.5. The van der Waals surface area contributed by atoms with E-state index < -0.39 is 5.95 Å². The highest BCUT2D eigenvalue weighted by Crippen LogP contribution is 2.35. The summed E-state index contributed by atoms with van der Waals surface area (Å²) in [4.78, 5) is 3.67. The van der Waals surface area contributed by atoms with Gasteiger partial charge in [0.2, 0.25) is 5.95 Å². The van der Waals surface area contributed by atoms with Crippen molar-refractivity contribution in [3.05, 3.63) is 42.6 Å². The molecular formula is C15H12FN3O2. The number of hydrogen-bond donors (Lipinski definition) is 0. The van der Waals surface area contributed by atoms with Crippen molar-refractivity contribution in [2.45, 2.75) is 0 Å². The Morgan fingerprint density at radius 2 is 1.76 bits per heavy atom. The molecule has 2 heterocycles. The number of rotatable bonds is 3. The second kappa shape index (κ2) is 5.32. The van der Waals surface area contributed by atoms with Gasteiger partial charge in [-0.05, 0) is 18.2 Å². The van der Waals surface area contributed by atoms with Crippen LogP contribution in [0.4, 0.5) is 4.39 Å². The number of nitrogens with zero attached hydrogens (tertiary/aromatic N) is 3. The van der Waals surface area contributed by atoms with Gasteiger partial charge in [-0.2, -0.15) is 14.6 Å². The minimum atomic E-state index is -0.524. The highest BCUT2D eigenvalue weighted by molar-refractivity contribution is 5.95. The maximum absolute atomic E-state index is 13.0. The van der Waals surface area contributed by atoms with E-state index in [1.807, 2.05) is 6.07 Å². The van der Waals surface area contributed by atoms with Crippen molar-refractivity contribution in [3.63, 3.8) is 0 Å². The molecule has 2 aromatic heterocycles. The van der Waals surface area contributed by atoms with Crippen molar-refractivity contribution in [1.29, 1.82) is 0 Å². The van der Waals surface area contributed by atoms with Crippen LogP contribution in [-0.4, -0.2) is 29.4 Å². The molecule has 1 aromatic carbocycles. The summed E-state index contributed by atoms with van der Waals surface area (Å²) in [6.45, 7) is 0. The fourth-order valence-electron chi connectivity index (χ4n) is 2.15. The van der Waals surface area contributed by atoms with Gasteiger partial charge in [-0.15, -0.1) is 0 Å². The predicted octanol–water partition coefficient (Wildman–Crippen LogP) is 2.85. The number of aromatic nitrogens is 3. The van der Waals surface area contributed by atoms with Crippen LogP contribution in [0.3, 0.4) is 0 Å². The van der Waals surface area contributed by atoms with Crippen molar-refractivity contribution in [3.8, 4) is 22.6 Å². The van der Waals surface area contributed by atoms with E-state index in [-0.39, 0.29) is 0 Å². The zero-order valence-electron chi connectivity index (χ0n) is 11.5. The summed E-state index contributed by atoms with van der Waals surface area (Å²) in [5, 5.41) is 8.89. The highest BCUT2D eigenvalue weighted by Gasteiger charge is 2.12. The minimum absolute atomic E-state index is 0.524. The molecule has 0 saturated heterocycles. The van der Waals surface area contributed by atoms with E-state index in [9.17, 15) is 4.39 Å². The first-order valence-electron chi connectivity index (χ1n) is 6.22. The normalized spacial score (nSPS) is 10.6. The first-order chi connectivity index (χ1) is 10.2. The molecule has 0 N–H and O–H groups in total. The van der Waals surface area contributed by atoms with Crippen LogP contribution in [0, 0.1) is 5.95 Å². The molecule has 0 spiro atoms. The van der Waals surface area contributed by atoms with Gasteiger partial charge in [0.1, 0.15) is 0 Å². The quantitative estimate of drug-likeness (QED) is 0.693. The Kier molecular flexibility index (Phi) is 3.35. The van der Waals surface area contributed by atoms with E-state index in [1.54, 1.807) is 32.5 Å². The zero-order valence-corrected chi connectivity index (χ0v) is 11.5. The van der Waals surface area contributed by atoms with Crippen LogP contribution in [0.5, 0.6) is 11.5 Å². The molecule has 0 atom stereocenters. The fraction of sp³-hybridized carbons (Fsp3) is 0.133. The molecule has 0 fully saturated rings. The molecule has 106 valence electrons. The Morgan fingerprint density at radius 3 is 2.43 bits per heavy atom. The van der Waals surface area contributed by atoms with Gasteiger partial charge in [-0.3, -0.25) is 0 Å². The van der Waals surface area contributed by atoms with Crippen molar-refractivity contribution in [1.82, 2.24) is 15.2 Å². The summed E-state index contributed by atoms with van der Waals surface area (Å²) in [6, 6.07) is 6.53. The summed E-state index contributed by atoms with van der Waals surface area (Å²) in [6.07, 6.45) is 3.08. The third-order valence-electron chi connectivity index (χ3n) is 3.18. The zero-order chi connectivity index (χ0) is 14.8. The highest BCUT2D eigenvalue weighted by atomic mass is 19.1. The number of benzene rings is 1. The number of pyridine rings is 1. The molecule has 0 unspecified atom stereocenters. The van der Waals surface area contributed by atoms with Crippen molar-refractivity contribution >= 4 is 10.9 Å². The maximum Gasteiger partial charge on any atom is 0.212 e. The summed E-state index contributed by atoms with van der Waals surface area (Å²) >= 11 is 0. The topological polar surface area (TPSA) is 57.1 Å². The number of methoxy groups -OCH3 is 2. The molecule has 21 heavy (non-hydrogen) atoms. The third kappa shape index (κ3) is 2.35. The molecule has 6 heteroatoms. The fourth-order valence-corrected chi connectivity index (χ4v) is 2.15. The van der Waals surface area contributed by atoms with E-state index >= 15 is 0 Å². The molecule has 0 saturated carbocycles. The Balaban J connectivity index is 2.26. The molecule has 0 aliphatic heterocycles. The van der Waals surface area contributed by atoms with Gasteiger partial charge in [0.25, 0.3) is 0 Å². The molecule has 0 amide bonds. The van der Waals surface area contributed by atoms with Gasteiger partial charge >= 0.3 is 0 Å². The van der Waals surface area contributed by atoms with Crippen LogP contribution >= 0.6 is 0 Å². The van der Waals surface area contributed by atoms with Crippen molar-refractivity contribution in [2.24, 2.45) is 0 Å². The maximum atomic E-state index is 13.0. The van der Waals surface area contributed by atoms with E-state index in [4.69, 9.17) is 9.47 Å². The SMILES string of the molecule is COc1cc2nncc(-c3ccc(F)nc3)c2cc1OC. The molecule has 0 aliphatic rings. The van der Waals surface area contributed by atoms with Crippen molar-refractivity contribution in [2.75, 3.05) is 14.2 Å². The van der Waals surface area contributed by atoms with E-state index in [1.165, 1.54) is 12.3 Å². The molecule has 5 nitrogen and oxygen atoms in total. The number of ether oxygens (including phenoxy) is 2. The Labute approximate surface area is 120 Å². The first-order valence-corrected chi connectivity index (χ1v) is 6.22. The van der Waals surface area contributed by atoms with E-state index in [0.717, 1.165) is 16.5 Å². The van der Waals surface area contributed by atoms with Gasteiger partial charge in [0.15, 0.2) is 11.5 Å². The largest absolute Gasteiger partial charge is 0.493 e. The average molecular weight is 285 g/mol. The smallest absolute Gasteiger partial charge is 0.212 e. The van der Waals surface area contributed by atoms with Crippen LogP contribution in [-0.2, 0) is 0 Å². The monoisotopic (exact) mass is 285 g/mol. The molecule has 3 rings (SSSR count). The minimum Gasteiger partial charge on any atom is -0.493 e. The van der Waals surface area contributed by atoms with Gasteiger partial charge < -0.3 is 9.47 Å². The van der Waals surface area contributed by atoms with Gasteiger partial charge in [0, 0.05) is 28.8 Å². The molecule has 0 aliphatic carbocycles. The van der Waals surface area contributed by atoms with Gasteiger partial charge in [0.05, 0.1) is 25.9 Å². The van der Waals surface area contributed by atoms with E-state index in [2.05, 4.69) is 15.2 Å². The van der Waals surface area contributed by atoms with Crippen molar-refractivity contribution < 1.29 is 13.9 Å². The Morgan fingerprint density at radius 1 is 1.00 bits per heavy atom. The molecule has 0 radical (unpaired) electrons. The molecule has 0 bridgehead atoms. The Bertz CT molecular complexity index is 791. The standard InChI is InChI=1S/C15H12FN3O2/c1-20-13-5-10-11(9-3-4-15(16)17-7-9)8-18-19-12(10)6-14(13)21-2/h3-8H,1-2H3. The van der Waals surface area contributed by atoms with Crippen LogP contribution in [0.1, 0.15) is 0 Å². The summed E-state index contributed by atoms with van der Waals surface area (Å²) in [5.74, 6) is 0.646. The van der Waals surface area contributed by atoms with Crippen LogP contribution in [0.25, 0.3) is 22.0 Å². The lowest BCUT2D eigenvalue weighted by Crippen LogP contribution is -1.94. The number of halogens is 1. The summed E-state index contributed by atoms with van der Waals surface area (Å²) in [5.41, 5.74) is 2.21. The van der Waals surface area contributed by atoms with Gasteiger partial charge in [-0.25, -0.2) is 4.98 Å². The van der Waals surface area contributed by atoms with Crippen LogP contribution in [0.2, 0.25) is 0 Å². The number of hydrogen-bond acceptors (Lipinski definition) is 5. The third-order valence-corrected chi connectivity index (χ3v) is 3.18. The second-order valence-corrected chi connectivity index (χ2v) is 4.35. The van der Waals surface area contributed by atoms with E-state index in [0.29, 0.717) is 17.0 Å². The average Bonchev–Trinajstić information content (AvgIpc) is 2.53. The van der Waals surface area contributed by atoms with Crippen LogP contribution < -0.4 is 9.47 Å². The lowest BCUT2D eigenvalue weighted by atomic mass is 10.0. The lowest BCUT2D eigenvalue weighted by Gasteiger charge is -2.10. The molecule has 3 aromatic rings. The van der Waals surface area contributed by atoms with Gasteiger partial charge in [-0.1, -0.05) is 0 Å². The number of fused-ring (bicyclic) bond motifs is 1. The first kappa shape index (κ1) is 13.2. The second-order valence-electron chi connectivity index (χ2n) is 4.35.